The summed E-state index contributed by atoms with van der Waals surface area (Å²) in [6.07, 6.45) is -0.342. The van der Waals surface area contributed by atoms with Crippen LogP contribution >= 0.6 is 0 Å². The zero-order valence-corrected chi connectivity index (χ0v) is 14.9. The van der Waals surface area contributed by atoms with Crippen LogP contribution in [0.5, 0.6) is 0 Å². The summed E-state index contributed by atoms with van der Waals surface area (Å²) in [5.74, 6) is 0.224. The Morgan fingerprint density at radius 2 is 1.93 bits per heavy atom. The molecule has 2 aromatic carbocycles. The van der Waals surface area contributed by atoms with Crippen molar-refractivity contribution >= 4 is 23.0 Å². The van der Waals surface area contributed by atoms with Crippen LogP contribution < -0.4 is 5.73 Å². The van der Waals surface area contributed by atoms with Crippen LogP contribution in [-0.4, -0.2) is 40.0 Å². The lowest BCUT2D eigenvalue weighted by molar-refractivity contribution is 0.0371. The van der Waals surface area contributed by atoms with Crippen molar-refractivity contribution in [1.82, 2.24) is 14.9 Å². The molecular weight excluding hydrogens is 344 g/mol. The van der Waals surface area contributed by atoms with E-state index in [9.17, 15) is 9.59 Å². The first-order chi connectivity index (χ1) is 13.0. The van der Waals surface area contributed by atoms with E-state index in [0.717, 1.165) is 16.9 Å². The standard InChI is InChI=1S/C20H20N4O3/c1-20(18-22-15-9-5-8-14(17(21)25)16(15)23-18)11-24(12-20)19(26)27-10-13-6-3-2-4-7-13/h2-9H,10-12H2,1H3,(H2,21,25)(H,22,23). The third kappa shape index (κ3) is 3.12. The number of nitrogens with zero attached hydrogens (tertiary/aromatic N) is 2. The summed E-state index contributed by atoms with van der Waals surface area (Å²) in [5, 5.41) is 0. The lowest BCUT2D eigenvalue weighted by Crippen LogP contribution is -2.60. The fourth-order valence-electron chi connectivity index (χ4n) is 3.40. The molecule has 1 aromatic heterocycles. The number of aromatic nitrogens is 2. The van der Waals surface area contributed by atoms with Crippen molar-refractivity contribution in [3.8, 4) is 0 Å². The van der Waals surface area contributed by atoms with E-state index in [0.29, 0.717) is 24.2 Å². The Morgan fingerprint density at radius 1 is 1.19 bits per heavy atom. The summed E-state index contributed by atoms with van der Waals surface area (Å²) >= 11 is 0. The maximum atomic E-state index is 12.2. The van der Waals surface area contributed by atoms with Crippen molar-refractivity contribution in [2.45, 2.75) is 18.9 Å². The molecule has 3 N–H and O–H groups in total. The van der Waals surface area contributed by atoms with Crippen molar-refractivity contribution in [3.63, 3.8) is 0 Å². The Hall–Kier alpha value is -3.35. The minimum absolute atomic E-state index is 0.250. The largest absolute Gasteiger partial charge is 0.445 e. The highest BCUT2D eigenvalue weighted by atomic mass is 16.6. The van der Waals surface area contributed by atoms with Crippen molar-refractivity contribution < 1.29 is 14.3 Å². The molecule has 0 spiro atoms. The Bertz CT molecular complexity index is 1010. The van der Waals surface area contributed by atoms with E-state index < -0.39 is 5.91 Å². The van der Waals surface area contributed by atoms with Crippen molar-refractivity contribution in [1.29, 1.82) is 0 Å². The van der Waals surface area contributed by atoms with E-state index in [1.807, 2.05) is 43.3 Å². The zero-order valence-electron chi connectivity index (χ0n) is 14.9. The number of aromatic amines is 1. The van der Waals surface area contributed by atoms with Gasteiger partial charge in [-0.25, -0.2) is 9.78 Å². The third-order valence-corrected chi connectivity index (χ3v) is 4.89. The molecule has 2 heterocycles. The Morgan fingerprint density at radius 3 is 2.63 bits per heavy atom. The van der Waals surface area contributed by atoms with Gasteiger partial charge >= 0.3 is 6.09 Å². The number of benzene rings is 2. The monoisotopic (exact) mass is 364 g/mol. The minimum atomic E-state index is -0.511. The number of carbonyl (C=O) groups excluding carboxylic acids is 2. The predicted molar refractivity (Wildman–Crippen MR) is 100 cm³/mol. The first-order valence-electron chi connectivity index (χ1n) is 8.71. The second-order valence-corrected chi connectivity index (χ2v) is 7.11. The molecule has 4 rings (SSSR count). The number of hydrogen-bond donors (Lipinski definition) is 2. The van der Waals surface area contributed by atoms with Crippen LogP contribution in [0.1, 0.15) is 28.7 Å². The van der Waals surface area contributed by atoms with Gasteiger partial charge in [0.15, 0.2) is 0 Å². The number of carbonyl (C=O) groups is 2. The smallest absolute Gasteiger partial charge is 0.410 e. The van der Waals surface area contributed by atoms with Crippen LogP contribution in [0.15, 0.2) is 48.5 Å². The van der Waals surface area contributed by atoms with Crippen LogP contribution in [0.3, 0.4) is 0 Å². The molecule has 2 amide bonds. The summed E-state index contributed by atoms with van der Waals surface area (Å²) in [6.45, 7) is 3.26. The molecule has 0 unspecified atom stereocenters. The molecule has 1 saturated heterocycles. The van der Waals surface area contributed by atoms with Gasteiger partial charge in [0.05, 0.1) is 16.5 Å². The molecule has 1 aliphatic rings. The molecule has 0 radical (unpaired) electrons. The molecule has 0 bridgehead atoms. The van der Waals surface area contributed by atoms with Gasteiger partial charge < -0.3 is 20.4 Å². The number of H-pyrrole nitrogens is 1. The second kappa shape index (κ2) is 6.42. The number of para-hydroxylation sites is 1. The van der Waals surface area contributed by atoms with Crippen LogP contribution in [0.25, 0.3) is 11.0 Å². The minimum Gasteiger partial charge on any atom is -0.445 e. The van der Waals surface area contributed by atoms with Gasteiger partial charge in [-0.1, -0.05) is 36.4 Å². The Labute approximate surface area is 156 Å². The molecular formula is C20H20N4O3. The van der Waals surface area contributed by atoms with E-state index in [1.54, 1.807) is 17.0 Å². The highest BCUT2D eigenvalue weighted by Crippen LogP contribution is 2.34. The van der Waals surface area contributed by atoms with E-state index in [2.05, 4.69) is 9.97 Å². The molecule has 0 saturated carbocycles. The number of ether oxygens (including phenoxy) is 1. The number of nitrogens with two attached hydrogens (primary N) is 1. The van der Waals surface area contributed by atoms with Gasteiger partial charge in [-0.3, -0.25) is 4.79 Å². The number of likely N-dealkylation sites (tertiary alicyclic amines) is 1. The summed E-state index contributed by atoms with van der Waals surface area (Å²) < 4.78 is 5.37. The lowest BCUT2D eigenvalue weighted by atomic mass is 9.81. The topological polar surface area (TPSA) is 101 Å². The van der Waals surface area contributed by atoms with E-state index >= 15 is 0 Å². The molecule has 7 nitrogen and oxygen atoms in total. The van der Waals surface area contributed by atoms with E-state index in [4.69, 9.17) is 10.5 Å². The number of hydrogen-bond acceptors (Lipinski definition) is 4. The summed E-state index contributed by atoms with van der Waals surface area (Å²) in [6, 6.07) is 14.8. The zero-order chi connectivity index (χ0) is 19.0. The quantitative estimate of drug-likeness (QED) is 0.743. The Balaban J connectivity index is 1.44. The molecule has 7 heteroatoms. The molecule has 1 aliphatic heterocycles. The van der Waals surface area contributed by atoms with Gasteiger partial charge in [-0.05, 0) is 24.6 Å². The van der Waals surface area contributed by atoms with Gasteiger partial charge in [0, 0.05) is 13.1 Å². The second-order valence-electron chi connectivity index (χ2n) is 7.11. The molecule has 27 heavy (non-hydrogen) atoms. The highest BCUT2D eigenvalue weighted by molar-refractivity contribution is 6.04. The summed E-state index contributed by atoms with van der Waals surface area (Å²) in [5.41, 5.74) is 7.76. The normalized spacial score (nSPS) is 15.4. The van der Waals surface area contributed by atoms with Crippen molar-refractivity contribution in [3.05, 3.63) is 65.5 Å². The predicted octanol–water partition coefficient (Wildman–Crippen LogP) is 2.57. The third-order valence-electron chi connectivity index (χ3n) is 4.89. The average molecular weight is 364 g/mol. The van der Waals surface area contributed by atoms with Gasteiger partial charge in [0.1, 0.15) is 17.9 Å². The van der Waals surface area contributed by atoms with Crippen LogP contribution in [-0.2, 0) is 16.8 Å². The molecule has 0 atom stereocenters. The first kappa shape index (κ1) is 17.1. The number of nitrogens with one attached hydrogen (secondary N) is 1. The number of primary amides is 1. The number of imidazole rings is 1. The van der Waals surface area contributed by atoms with Gasteiger partial charge in [-0.2, -0.15) is 0 Å². The highest BCUT2D eigenvalue weighted by Gasteiger charge is 2.45. The van der Waals surface area contributed by atoms with Crippen molar-refractivity contribution in [2.24, 2.45) is 5.73 Å². The van der Waals surface area contributed by atoms with Gasteiger partial charge in [0.25, 0.3) is 5.91 Å². The lowest BCUT2D eigenvalue weighted by Gasteiger charge is -2.45. The van der Waals surface area contributed by atoms with Gasteiger partial charge in [-0.15, -0.1) is 0 Å². The van der Waals surface area contributed by atoms with Crippen LogP contribution in [0.4, 0.5) is 4.79 Å². The van der Waals surface area contributed by atoms with Crippen LogP contribution in [0, 0.1) is 0 Å². The Kier molecular flexibility index (Phi) is 4.07. The fourth-order valence-corrected chi connectivity index (χ4v) is 3.40. The first-order valence-corrected chi connectivity index (χ1v) is 8.71. The molecule has 138 valence electrons. The fraction of sp³-hybridized carbons (Fsp3) is 0.250. The van der Waals surface area contributed by atoms with Crippen LogP contribution in [0.2, 0.25) is 0 Å². The average Bonchev–Trinajstić information content (AvgIpc) is 3.08. The maximum absolute atomic E-state index is 12.2. The SMILES string of the molecule is CC1(c2nc3c(C(N)=O)cccc3[nH]2)CN(C(=O)OCc2ccccc2)C1. The number of rotatable bonds is 4. The van der Waals surface area contributed by atoms with Crippen molar-refractivity contribution in [2.75, 3.05) is 13.1 Å². The summed E-state index contributed by atoms with van der Waals surface area (Å²) in [4.78, 5) is 33.3. The number of amides is 2. The molecule has 0 aliphatic carbocycles. The number of fused-ring (bicyclic) bond motifs is 1. The van der Waals surface area contributed by atoms with E-state index in [-0.39, 0.29) is 18.1 Å². The maximum Gasteiger partial charge on any atom is 0.410 e. The van der Waals surface area contributed by atoms with E-state index in [1.165, 1.54) is 0 Å². The summed E-state index contributed by atoms with van der Waals surface area (Å²) in [7, 11) is 0. The molecule has 3 aromatic rings. The van der Waals surface area contributed by atoms with Gasteiger partial charge in [0.2, 0.25) is 0 Å². The molecule has 1 fully saturated rings.